The molecule has 4 rings (SSSR count). The molecule has 0 unspecified atom stereocenters. The molecule has 0 atom stereocenters. The topological polar surface area (TPSA) is 232 Å². The van der Waals surface area contributed by atoms with Gasteiger partial charge in [0.05, 0.1) is 16.7 Å². The van der Waals surface area contributed by atoms with Gasteiger partial charge in [-0.15, -0.1) is 0 Å². The van der Waals surface area contributed by atoms with Gasteiger partial charge in [-0.2, -0.15) is 27.1 Å². The highest BCUT2D eigenvalue weighted by Gasteiger charge is 2.21. The van der Waals surface area contributed by atoms with E-state index >= 15 is 0 Å². The van der Waals surface area contributed by atoms with Gasteiger partial charge < -0.3 is 20.4 Å². The Morgan fingerprint density at radius 1 is 0.675 bits per heavy atom. The van der Waals surface area contributed by atoms with Crippen molar-refractivity contribution in [3.8, 4) is 0 Å². The smallest absolute Gasteiger partial charge is 0.321 e. The molecule has 0 bridgehead atoms. The Morgan fingerprint density at radius 3 is 1.90 bits per heavy atom. The third-order valence-electron chi connectivity index (χ3n) is 5.31. The zero-order valence-electron chi connectivity index (χ0n) is 19.9. The van der Waals surface area contributed by atoms with Crippen molar-refractivity contribution in [1.82, 2.24) is 0 Å². The number of carbonyl (C=O) groups excluding carboxylic acids is 1. The summed E-state index contributed by atoms with van der Waals surface area (Å²) >= 11 is 0. The molecular weight excluding hydrogens is 587 g/mol. The SMILES string of the molecule is O=C(Nc1ccc(/N=N/c2cc(S(=O)(=O)O)c3cccc(S(=O)(=O)O)c3c2)cc1)Nc1cccc(P(=O)(O)O)c1. The van der Waals surface area contributed by atoms with Crippen molar-refractivity contribution in [2.45, 2.75) is 9.79 Å². The molecule has 6 N–H and O–H groups in total. The highest BCUT2D eigenvalue weighted by atomic mass is 32.2. The predicted octanol–water partition coefficient (Wildman–Crippen LogP) is 4.20. The van der Waals surface area contributed by atoms with E-state index in [1.807, 2.05) is 0 Å². The van der Waals surface area contributed by atoms with Crippen molar-refractivity contribution in [2.24, 2.45) is 10.2 Å². The molecule has 0 aliphatic heterocycles. The minimum atomic E-state index is -4.81. The molecule has 17 heteroatoms. The average molecular weight is 607 g/mol. The molecule has 0 saturated heterocycles. The van der Waals surface area contributed by atoms with Crippen molar-refractivity contribution in [3.63, 3.8) is 0 Å². The van der Waals surface area contributed by atoms with E-state index in [-0.39, 0.29) is 33.1 Å². The van der Waals surface area contributed by atoms with Crippen LogP contribution in [-0.4, -0.2) is 41.8 Å². The van der Waals surface area contributed by atoms with Crippen LogP contribution in [-0.2, 0) is 24.8 Å². The predicted molar refractivity (Wildman–Crippen MR) is 145 cm³/mol. The lowest BCUT2D eigenvalue weighted by Crippen LogP contribution is -2.20. The first-order valence-electron chi connectivity index (χ1n) is 10.9. The molecule has 14 nitrogen and oxygen atoms in total. The highest BCUT2D eigenvalue weighted by Crippen LogP contribution is 2.35. The second-order valence-electron chi connectivity index (χ2n) is 8.17. The summed E-state index contributed by atoms with van der Waals surface area (Å²) in [6.07, 6.45) is 0. The van der Waals surface area contributed by atoms with E-state index in [1.54, 1.807) is 0 Å². The minimum absolute atomic E-state index is 0.143. The Kier molecular flexibility index (Phi) is 7.87. The number of hydrogen-bond donors (Lipinski definition) is 6. The molecule has 0 heterocycles. The number of azo groups is 1. The Labute approximate surface area is 227 Å². The fourth-order valence-electron chi connectivity index (χ4n) is 3.59. The number of rotatable bonds is 7. The number of anilines is 2. The number of benzene rings is 4. The summed E-state index contributed by atoms with van der Waals surface area (Å²) < 4.78 is 78.0. The third kappa shape index (κ3) is 6.94. The van der Waals surface area contributed by atoms with Gasteiger partial charge in [0.1, 0.15) is 9.79 Å². The van der Waals surface area contributed by atoms with Gasteiger partial charge in [-0.1, -0.05) is 18.2 Å². The fraction of sp³-hybridized carbons (Fsp3) is 0. The summed E-state index contributed by atoms with van der Waals surface area (Å²) in [7, 11) is -14.0. The van der Waals surface area contributed by atoms with Crippen LogP contribution < -0.4 is 15.9 Å². The molecule has 4 aromatic rings. The maximum Gasteiger partial charge on any atom is 0.356 e. The van der Waals surface area contributed by atoms with E-state index in [4.69, 9.17) is 0 Å². The molecule has 4 aromatic carbocycles. The first-order valence-corrected chi connectivity index (χ1v) is 15.4. The average Bonchev–Trinajstić information content (AvgIpc) is 2.86. The maximum atomic E-state index is 12.3. The highest BCUT2D eigenvalue weighted by molar-refractivity contribution is 7.86. The van der Waals surface area contributed by atoms with E-state index in [0.29, 0.717) is 5.69 Å². The molecule has 0 aliphatic carbocycles. The van der Waals surface area contributed by atoms with E-state index in [1.165, 1.54) is 60.7 Å². The van der Waals surface area contributed by atoms with Crippen molar-refractivity contribution in [1.29, 1.82) is 0 Å². The van der Waals surface area contributed by atoms with Gasteiger partial charge in [0.2, 0.25) is 0 Å². The first-order chi connectivity index (χ1) is 18.6. The summed E-state index contributed by atoms with van der Waals surface area (Å²) in [5, 5.41) is 12.2. The van der Waals surface area contributed by atoms with E-state index < -0.39 is 43.7 Å². The van der Waals surface area contributed by atoms with Crippen LogP contribution in [0.1, 0.15) is 0 Å². The van der Waals surface area contributed by atoms with Crippen LogP contribution >= 0.6 is 7.60 Å². The number of nitrogens with zero attached hydrogens (tertiary/aromatic N) is 2. The molecule has 2 amide bonds. The van der Waals surface area contributed by atoms with E-state index in [0.717, 1.165) is 18.2 Å². The number of urea groups is 1. The van der Waals surface area contributed by atoms with Gasteiger partial charge in [0, 0.05) is 22.1 Å². The second-order valence-corrected chi connectivity index (χ2v) is 12.6. The Balaban J connectivity index is 1.55. The molecule has 0 aliphatic rings. The van der Waals surface area contributed by atoms with Crippen LogP contribution in [0.3, 0.4) is 0 Å². The number of amides is 2. The molecule has 0 spiro atoms. The lowest BCUT2D eigenvalue weighted by molar-refractivity contribution is 0.262. The third-order valence-corrected chi connectivity index (χ3v) is 8.06. The number of hydrogen-bond acceptors (Lipinski definition) is 8. The van der Waals surface area contributed by atoms with Crippen molar-refractivity contribution in [2.75, 3.05) is 10.6 Å². The molecule has 0 fully saturated rings. The summed E-state index contributed by atoms with van der Waals surface area (Å²) in [5.74, 6) is 0. The van der Waals surface area contributed by atoms with Gasteiger partial charge >= 0.3 is 13.6 Å². The summed E-state index contributed by atoms with van der Waals surface area (Å²) in [4.78, 5) is 29.6. The van der Waals surface area contributed by atoms with Crippen LogP contribution in [0, 0.1) is 0 Å². The lowest BCUT2D eigenvalue weighted by atomic mass is 10.1. The van der Waals surface area contributed by atoms with E-state index in [2.05, 4.69) is 20.9 Å². The largest absolute Gasteiger partial charge is 0.356 e. The fourth-order valence-corrected chi connectivity index (χ4v) is 5.60. The van der Waals surface area contributed by atoms with Gasteiger partial charge in [-0.3, -0.25) is 13.7 Å². The quantitative estimate of drug-likeness (QED) is 0.0997. The van der Waals surface area contributed by atoms with Gasteiger partial charge in [-0.05, 0) is 60.7 Å². The van der Waals surface area contributed by atoms with Crippen LogP contribution in [0.25, 0.3) is 10.8 Å². The monoisotopic (exact) mass is 606 g/mol. The van der Waals surface area contributed by atoms with Gasteiger partial charge in [0.25, 0.3) is 20.2 Å². The first kappa shape index (κ1) is 29.0. The Bertz CT molecular complexity index is 1920. The molecule has 0 aromatic heterocycles. The zero-order chi connectivity index (χ0) is 29.3. The summed E-state index contributed by atoms with van der Waals surface area (Å²) in [5.41, 5.74) is 0.576. The Hall–Kier alpha value is -4.02. The normalized spacial score (nSPS) is 12.5. The van der Waals surface area contributed by atoms with E-state index in [9.17, 15) is 45.1 Å². The summed E-state index contributed by atoms with van der Waals surface area (Å²) in [6, 6.07) is 16.0. The molecular formula is C23H19N4O10PS2. The van der Waals surface area contributed by atoms with Crippen LogP contribution in [0.4, 0.5) is 27.5 Å². The molecule has 40 heavy (non-hydrogen) atoms. The summed E-state index contributed by atoms with van der Waals surface area (Å²) in [6.45, 7) is 0. The Morgan fingerprint density at radius 2 is 1.27 bits per heavy atom. The van der Waals surface area contributed by atoms with Crippen molar-refractivity contribution < 1.29 is 45.1 Å². The molecule has 0 radical (unpaired) electrons. The standard InChI is InChI=1S/C23H19N4O10PS2/c28-23(25-16-3-1-4-18(11-16)38(29,30)31)24-14-7-9-15(10-8-14)26-27-17-12-20-19(22(13-17)40(35,36)37)5-2-6-21(20)39(32,33)34/h1-13H,(H2,24,25,28)(H2,29,30,31)(H,32,33,34)(H,35,36,37)/b27-26+. The van der Waals surface area contributed by atoms with Crippen molar-refractivity contribution in [3.05, 3.63) is 78.9 Å². The number of nitrogens with one attached hydrogen (secondary N) is 2. The van der Waals surface area contributed by atoms with Gasteiger partial charge in [-0.25, -0.2) is 4.79 Å². The van der Waals surface area contributed by atoms with Crippen LogP contribution in [0.5, 0.6) is 0 Å². The zero-order valence-corrected chi connectivity index (χ0v) is 22.4. The number of carbonyl (C=O) groups is 1. The number of fused-ring (bicyclic) bond motifs is 1. The maximum absolute atomic E-state index is 12.3. The van der Waals surface area contributed by atoms with Crippen LogP contribution in [0.15, 0.2) is 98.9 Å². The van der Waals surface area contributed by atoms with Crippen molar-refractivity contribution >= 4 is 72.7 Å². The van der Waals surface area contributed by atoms with Crippen LogP contribution in [0.2, 0.25) is 0 Å². The van der Waals surface area contributed by atoms with Gasteiger partial charge in [0.15, 0.2) is 0 Å². The second kappa shape index (κ2) is 10.9. The lowest BCUT2D eigenvalue weighted by Gasteiger charge is -2.10. The molecule has 0 saturated carbocycles. The molecule has 208 valence electrons. The minimum Gasteiger partial charge on any atom is -0.321 e.